The van der Waals surface area contributed by atoms with Crippen molar-refractivity contribution in [3.8, 4) is 5.75 Å². The lowest BCUT2D eigenvalue weighted by molar-refractivity contribution is -0.143. The smallest absolute Gasteiger partial charge is 0.422 e. The highest BCUT2D eigenvalue weighted by Crippen LogP contribution is 2.38. The number of ether oxygens (including phenoxy) is 1. The Morgan fingerprint density at radius 3 is 2.11 bits per heavy atom. The third-order valence-corrected chi connectivity index (χ3v) is 5.80. The zero-order valence-electron chi connectivity index (χ0n) is 18.8. The van der Waals surface area contributed by atoms with Gasteiger partial charge in [-0.2, -0.15) is 13.2 Å². The lowest BCUT2D eigenvalue weighted by atomic mass is 10.1. The van der Waals surface area contributed by atoms with Crippen molar-refractivity contribution in [2.24, 2.45) is 0 Å². The van der Waals surface area contributed by atoms with Crippen LogP contribution in [0.15, 0.2) is 59.5 Å². The molecule has 13 heteroatoms. The summed E-state index contributed by atoms with van der Waals surface area (Å²) in [5, 5.41) is 3.06. The van der Waals surface area contributed by atoms with E-state index in [1.54, 1.807) is 53.8 Å². The normalized spacial score (nSPS) is 12.1. The van der Waals surface area contributed by atoms with E-state index in [0.717, 1.165) is 11.8 Å². The minimum absolute atomic E-state index is 0.280. The highest BCUT2D eigenvalue weighted by Gasteiger charge is 2.42. The van der Waals surface area contributed by atoms with Crippen molar-refractivity contribution in [1.82, 2.24) is 0 Å². The van der Waals surface area contributed by atoms with E-state index in [1.807, 2.05) is 0 Å². The van der Waals surface area contributed by atoms with Gasteiger partial charge in [0.15, 0.2) is 29.9 Å². The minimum atomic E-state index is -5.70. The van der Waals surface area contributed by atoms with Crippen molar-refractivity contribution in [3.63, 3.8) is 0 Å². The number of hydrogen-bond donors (Lipinski definition) is 2. The molecule has 2 N–H and O–H groups in total. The van der Waals surface area contributed by atoms with Crippen molar-refractivity contribution in [2.75, 3.05) is 17.2 Å². The Labute approximate surface area is 210 Å². The van der Waals surface area contributed by atoms with Gasteiger partial charge < -0.3 is 15.4 Å². The first-order chi connectivity index (χ1) is 17.4. The molecule has 196 valence electrons. The van der Waals surface area contributed by atoms with Crippen LogP contribution in [0.5, 0.6) is 5.75 Å². The summed E-state index contributed by atoms with van der Waals surface area (Å²) in [6.45, 7) is 1.00. The molecule has 0 spiro atoms. The summed E-state index contributed by atoms with van der Waals surface area (Å²) >= 11 is 0.843. The fourth-order valence-electron chi connectivity index (χ4n) is 2.98. The van der Waals surface area contributed by atoms with Gasteiger partial charge in [-0.1, -0.05) is 24.3 Å². The fraction of sp³-hybridized carbons (Fsp3) is 0.167. The largest absolute Gasteiger partial charge is 0.484 e. The van der Waals surface area contributed by atoms with Crippen LogP contribution in [0.1, 0.15) is 12.5 Å². The maximum Gasteiger partial charge on any atom is 0.422 e. The number of alkyl halides is 3. The molecule has 0 radical (unpaired) electrons. The van der Waals surface area contributed by atoms with Crippen LogP contribution in [0, 0.1) is 23.3 Å². The number of benzene rings is 3. The highest BCUT2D eigenvalue weighted by molar-refractivity contribution is 8.00. The molecule has 0 aliphatic heterocycles. The van der Waals surface area contributed by atoms with E-state index in [0.29, 0.717) is 16.3 Å². The molecule has 0 heterocycles. The van der Waals surface area contributed by atoms with Crippen molar-refractivity contribution < 1.29 is 45.1 Å². The van der Waals surface area contributed by atoms with Crippen LogP contribution in [-0.2, 0) is 15.8 Å². The zero-order valence-corrected chi connectivity index (χ0v) is 19.6. The molecule has 0 saturated carbocycles. The molecule has 3 rings (SSSR count). The van der Waals surface area contributed by atoms with Gasteiger partial charge in [0.05, 0.1) is 5.25 Å². The van der Waals surface area contributed by atoms with E-state index in [1.165, 1.54) is 13.0 Å². The van der Waals surface area contributed by atoms with E-state index < -0.39 is 57.8 Å². The summed E-state index contributed by atoms with van der Waals surface area (Å²) in [5.41, 5.74) is -4.08. The predicted molar refractivity (Wildman–Crippen MR) is 122 cm³/mol. The van der Waals surface area contributed by atoms with E-state index in [4.69, 9.17) is 4.74 Å². The van der Waals surface area contributed by atoms with E-state index in [-0.39, 0.29) is 6.61 Å². The van der Waals surface area contributed by atoms with Gasteiger partial charge >= 0.3 is 6.18 Å². The van der Waals surface area contributed by atoms with Crippen LogP contribution >= 0.6 is 11.8 Å². The van der Waals surface area contributed by atoms with Gasteiger partial charge in [-0.25, -0.2) is 17.6 Å². The number of carbonyl (C=O) groups excluding carboxylic acids is 2. The summed E-state index contributed by atoms with van der Waals surface area (Å²) in [7, 11) is 0. The Bertz CT molecular complexity index is 1270. The number of carbonyl (C=O) groups is 2. The first-order valence-corrected chi connectivity index (χ1v) is 11.2. The number of thioether (sulfide) groups is 1. The second-order valence-electron chi connectivity index (χ2n) is 7.43. The quantitative estimate of drug-likeness (QED) is 0.195. The second kappa shape index (κ2) is 11.5. The van der Waals surface area contributed by atoms with E-state index in [9.17, 15) is 40.3 Å². The molecule has 0 saturated heterocycles. The van der Waals surface area contributed by atoms with Crippen LogP contribution in [0.2, 0.25) is 0 Å². The standard InChI is InChI=1S/C24H17F7N2O3S/c1-12(23(35)33-22-20(27)18(25)17(24(29,30)31)19(26)21(22)28)37-15-9-5-6-13(10-15)32-16(34)11-36-14-7-3-2-4-8-14/h2-10,12H,11H2,1H3,(H,32,34)(H,33,35). The van der Waals surface area contributed by atoms with Gasteiger partial charge in [-0.15, -0.1) is 11.8 Å². The number of anilines is 2. The molecule has 0 aromatic heterocycles. The monoisotopic (exact) mass is 546 g/mol. The van der Waals surface area contributed by atoms with Gasteiger partial charge in [-0.3, -0.25) is 9.59 Å². The molecule has 3 aromatic carbocycles. The van der Waals surface area contributed by atoms with Crippen molar-refractivity contribution in [1.29, 1.82) is 0 Å². The Hall–Kier alpha value is -3.74. The third kappa shape index (κ3) is 6.94. The zero-order chi connectivity index (χ0) is 27.3. The summed E-state index contributed by atoms with van der Waals surface area (Å²) < 4.78 is 99.3. The van der Waals surface area contributed by atoms with Gasteiger partial charge in [-0.05, 0) is 37.3 Å². The SMILES string of the molecule is CC(Sc1cccc(NC(=O)COc2ccccc2)c1)C(=O)Nc1c(F)c(F)c(C(F)(F)F)c(F)c1F. The summed E-state index contributed by atoms with van der Waals surface area (Å²) in [4.78, 5) is 24.9. The Kier molecular flexibility index (Phi) is 8.69. The Morgan fingerprint density at radius 1 is 0.892 bits per heavy atom. The van der Waals surface area contributed by atoms with Crippen molar-refractivity contribution >= 4 is 35.0 Å². The lowest BCUT2D eigenvalue weighted by Gasteiger charge is -2.16. The fourth-order valence-corrected chi connectivity index (χ4v) is 3.91. The number of halogens is 7. The number of hydrogen-bond acceptors (Lipinski definition) is 4. The van der Waals surface area contributed by atoms with Gasteiger partial charge in [0.2, 0.25) is 5.91 Å². The maximum absolute atomic E-state index is 14.1. The molecule has 1 atom stereocenters. The number of para-hydroxylation sites is 1. The van der Waals surface area contributed by atoms with Crippen molar-refractivity contribution in [3.05, 3.63) is 83.4 Å². The molecule has 1 unspecified atom stereocenters. The van der Waals surface area contributed by atoms with Crippen LogP contribution < -0.4 is 15.4 Å². The van der Waals surface area contributed by atoms with Gasteiger partial charge in [0, 0.05) is 10.6 Å². The summed E-state index contributed by atoms with van der Waals surface area (Å²) in [6.07, 6.45) is -5.70. The number of nitrogens with one attached hydrogen (secondary N) is 2. The van der Waals surface area contributed by atoms with E-state index in [2.05, 4.69) is 5.32 Å². The highest BCUT2D eigenvalue weighted by atomic mass is 32.2. The molecule has 0 fully saturated rings. The predicted octanol–water partition coefficient (Wildman–Crippen LogP) is 6.40. The lowest BCUT2D eigenvalue weighted by Crippen LogP contribution is -2.25. The molecule has 0 aliphatic rings. The van der Waals surface area contributed by atoms with Crippen molar-refractivity contribution in [2.45, 2.75) is 23.2 Å². The van der Waals surface area contributed by atoms with Crippen LogP contribution in [-0.4, -0.2) is 23.7 Å². The van der Waals surface area contributed by atoms with Gasteiger partial charge in [0.1, 0.15) is 17.0 Å². The van der Waals surface area contributed by atoms with Crippen LogP contribution in [0.4, 0.5) is 42.1 Å². The first kappa shape index (κ1) is 27.8. The number of amides is 2. The molecule has 0 bridgehead atoms. The number of rotatable bonds is 8. The average Bonchev–Trinajstić information content (AvgIpc) is 2.84. The molecular formula is C24H17F7N2O3S. The third-order valence-electron chi connectivity index (χ3n) is 4.71. The Balaban J connectivity index is 1.65. The molecule has 3 aromatic rings. The molecule has 37 heavy (non-hydrogen) atoms. The molecular weight excluding hydrogens is 529 g/mol. The topological polar surface area (TPSA) is 67.4 Å². The molecule has 2 amide bonds. The Morgan fingerprint density at radius 2 is 1.51 bits per heavy atom. The first-order valence-electron chi connectivity index (χ1n) is 10.4. The van der Waals surface area contributed by atoms with Crippen LogP contribution in [0.3, 0.4) is 0 Å². The summed E-state index contributed by atoms with van der Waals surface area (Å²) in [6, 6.07) is 14.7. The molecule has 5 nitrogen and oxygen atoms in total. The van der Waals surface area contributed by atoms with Gasteiger partial charge in [0.25, 0.3) is 5.91 Å². The summed E-state index contributed by atoms with van der Waals surface area (Å²) in [5.74, 6) is -11.3. The second-order valence-corrected chi connectivity index (χ2v) is 8.84. The van der Waals surface area contributed by atoms with Crippen LogP contribution in [0.25, 0.3) is 0 Å². The minimum Gasteiger partial charge on any atom is -0.484 e. The maximum atomic E-state index is 14.1. The molecule has 0 aliphatic carbocycles. The van der Waals surface area contributed by atoms with E-state index >= 15 is 0 Å². The average molecular weight is 546 g/mol.